The molecule has 25 heavy (non-hydrogen) atoms. The molecule has 2 aromatic rings. The minimum absolute atomic E-state index is 0.0580. The van der Waals surface area contributed by atoms with Crippen LogP contribution in [0.5, 0.6) is 0 Å². The maximum atomic E-state index is 11.8. The molecule has 0 aromatic heterocycles. The molecule has 0 fully saturated rings. The van der Waals surface area contributed by atoms with Gasteiger partial charge < -0.3 is 10.2 Å². The maximum Gasteiger partial charge on any atom is 0.260 e. The maximum absolute atomic E-state index is 11.8. The molecule has 132 valence electrons. The highest BCUT2D eigenvalue weighted by Gasteiger charge is 2.08. The van der Waals surface area contributed by atoms with Crippen molar-refractivity contribution in [2.45, 2.75) is 25.8 Å². The number of oxime groups is 1. The molecule has 2 aromatic carbocycles. The van der Waals surface area contributed by atoms with Crippen molar-refractivity contribution < 1.29 is 9.63 Å². The van der Waals surface area contributed by atoms with Crippen LogP contribution >= 0.6 is 23.2 Å². The minimum Gasteiger partial charge on any atom is -0.386 e. The van der Waals surface area contributed by atoms with Gasteiger partial charge in [-0.3, -0.25) is 4.79 Å². The summed E-state index contributed by atoms with van der Waals surface area (Å²) in [6.07, 6.45) is 3.20. The van der Waals surface area contributed by atoms with E-state index in [4.69, 9.17) is 28.0 Å². The predicted octanol–water partition coefficient (Wildman–Crippen LogP) is 4.48. The summed E-state index contributed by atoms with van der Waals surface area (Å²) >= 11 is 11.9. The Morgan fingerprint density at radius 1 is 1.20 bits per heavy atom. The fourth-order valence-electron chi connectivity index (χ4n) is 2.23. The first-order valence-corrected chi connectivity index (χ1v) is 8.74. The lowest BCUT2D eigenvalue weighted by Gasteiger charge is -2.13. The van der Waals surface area contributed by atoms with E-state index in [-0.39, 0.29) is 18.6 Å². The number of benzene rings is 2. The van der Waals surface area contributed by atoms with Gasteiger partial charge in [0.2, 0.25) is 0 Å². The van der Waals surface area contributed by atoms with E-state index in [0.29, 0.717) is 15.6 Å². The highest BCUT2D eigenvalue weighted by Crippen LogP contribution is 2.24. The Hall–Kier alpha value is -2.04. The van der Waals surface area contributed by atoms with Gasteiger partial charge in [0.25, 0.3) is 5.91 Å². The number of carbonyl (C=O) groups is 1. The number of hydrogen-bond donors (Lipinski definition) is 1. The second kappa shape index (κ2) is 10.1. The van der Waals surface area contributed by atoms with E-state index in [0.717, 1.165) is 12.8 Å². The van der Waals surface area contributed by atoms with Crippen LogP contribution in [-0.2, 0) is 16.1 Å². The second-order valence-electron chi connectivity index (χ2n) is 5.64. The topological polar surface area (TPSA) is 50.7 Å². The standard InChI is InChI=1S/C19H20Cl2N2O2/c1-14(10-11-15-6-3-2-4-7-15)23-18(24)13-25-22-12-16-8-5-9-17(20)19(16)21/h2-9,12,14H,10-11,13H2,1H3,(H,23,24)/b22-12-/t14-/m1/s1. The molecule has 1 N–H and O–H groups in total. The Balaban J connectivity index is 1.69. The van der Waals surface area contributed by atoms with E-state index in [1.807, 2.05) is 25.1 Å². The Bertz CT molecular complexity index is 721. The number of nitrogens with one attached hydrogen (secondary N) is 1. The summed E-state index contributed by atoms with van der Waals surface area (Å²) in [7, 11) is 0. The fourth-order valence-corrected chi connectivity index (χ4v) is 2.58. The molecule has 0 heterocycles. The molecule has 0 aliphatic carbocycles. The summed E-state index contributed by atoms with van der Waals surface area (Å²) in [4.78, 5) is 16.9. The predicted molar refractivity (Wildman–Crippen MR) is 102 cm³/mol. The fraction of sp³-hybridized carbons (Fsp3) is 0.263. The zero-order valence-electron chi connectivity index (χ0n) is 13.9. The molecule has 1 atom stereocenters. The summed E-state index contributed by atoms with van der Waals surface area (Å²) in [6.45, 7) is 1.82. The van der Waals surface area contributed by atoms with Crippen molar-refractivity contribution in [1.29, 1.82) is 0 Å². The van der Waals surface area contributed by atoms with Crippen LogP contribution in [0.3, 0.4) is 0 Å². The monoisotopic (exact) mass is 378 g/mol. The van der Waals surface area contributed by atoms with Crippen LogP contribution in [-0.4, -0.2) is 24.8 Å². The zero-order valence-corrected chi connectivity index (χ0v) is 15.4. The molecule has 0 radical (unpaired) electrons. The Morgan fingerprint density at radius 2 is 1.96 bits per heavy atom. The van der Waals surface area contributed by atoms with Crippen LogP contribution < -0.4 is 5.32 Å². The molecular formula is C19H20Cl2N2O2. The van der Waals surface area contributed by atoms with E-state index in [2.05, 4.69) is 22.6 Å². The lowest BCUT2D eigenvalue weighted by atomic mass is 10.1. The SMILES string of the molecule is C[C@H](CCc1ccccc1)NC(=O)CO/N=C\c1cccc(Cl)c1Cl. The minimum atomic E-state index is -0.213. The molecule has 1 amide bonds. The van der Waals surface area contributed by atoms with Crippen molar-refractivity contribution in [2.24, 2.45) is 5.16 Å². The van der Waals surface area contributed by atoms with Gasteiger partial charge in [-0.05, 0) is 31.4 Å². The van der Waals surface area contributed by atoms with Gasteiger partial charge >= 0.3 is 0 Å². The normalized spacial score (nSPS) is 12.1. The average molecular weight is 379 g/mol. The molecule has 0 aliphatic heterocycles. The highest BCUT2D eigenvalue weighted by molar-refractivity contribution is 6.43. The van der Waals surface area contributed by atoms with Crippen LogP contribution in [0.4, 0.5) is 0 Å². The first kappa shape index (κ1) is 19.3. The first-order valence-electron chi connectivity index (χ1n) is 7.99. The molecular weight excluding hydrogens is 359 g/mol. The largest absolute Gasteiger partial charge is 0.386 e. The van der Waals surface area contributed by atoms with E-state index in [1.54, 1.807) is 18.2 Å². The third-order valence-corrected chi connectivity index (χ3v) is 4.39. The van der Waals surface area contributed by atoms with Gasteiger partial charge in [0, 0.05) is 11.6 Å². The number of nitrogens with zero attached hydrogens (tertiary/aromatic N) is 1. The van der Waals surface area contributed by atoms with Crippen molar-refractivity contribution in [3.05, 3.63) is 69.7 Å². The molecule has 0 unspecified atom stereocenters. The summed E-state index contributed by atoms with van der Waals surface area (Å²) in [6, 6.07) is 15.4. The number of amides is 1. The van der Waals surface area contributed by atoms with Gasteiger partial charge in [-0.2, -0.15) is 0 Å². The summed E-state index contributed by atoms with van der Waals surface area (Å²) < 4.78 is 0. The smallest absolute Gasteiger partial charge is 0.260 e. The quantitative estimate of drug-likeness (QED) is 0.543. The molecule has 2 rings (SSSR count). The number of rotatable bonds is 8. The number of carbonyl (C=O) groups excluding carboxylic acids is 1. The van der Waals surface area contributed by atoms with Crippen LogP contribution in [0, 0.1) is 0 Å². The molecule has 0 spiro atoms. The number of hydrogen-bond acceptors (Lipinski definition) is 3. The molecule has 0 aliphatic rings. The third-order valence-electron chi connectivity index (χ3n) is 3.56. The van der Waals surface area contributed by atoms with Crippen molar-refractivity contribution >= 4 is 35.3 Å². The van der Waals surface area contributed by atoms with Gasteiger partial charge in [-0.15, -0.1) is 0 Å². The van der Waals surface area contributed by atoms with E-state index >= 15 is 0 Å². The number of aryl methyl sites for hydroxylation is 1. The van der Waals surface area contributed by atoms with E-state index in [9.17, 15) is 4.79 Å². The lowest BCUT2D eigenvalue weighted by molar-refractivity contribution is -0.126. The van der Waals surface area contributed by atoms with Crippen molar-refractivity contribution in [1.82, 2.24) is 5.32 Å². The molecule has 4 nitrogen and oxygen atoms in total. The van der Waals surface area contributed by atoms with Gasteiger partial charge in [0.05, 0.1) is 16.3 Å². The van der Waals surface area contributed by atoms with Crippen LogP contribution in [0.25, 0.3) is 0 Å². The molecule has 0 saturated carbocycles. The Morgan fingerprint density at radius 3 is 2.72 bits per heavy atom. The van der Waals surface area contributed by atoms with E-state index in [1.165, 1.54) is 11.8 Å². The number of halogens is 2. The van der Waals surface area contributed by atoms with Crippen molar-refractivity contribution in [3.8, 4) is 0 Å². The summed E-state index contributed by atoms with van der Waals surface area (Å²) in [5.41, 5.74) is 1.88. The molecule has 0 saturated heterocycles. The van der Waals surface area contributed by atoms with Gasteiger partial charge in [0.15, 0.2) is 6.61 Å². The van der Waals surface area contributed by atoms with E-state index < -0.39 is 0 Å². The molecule has 6 heteroatoms. The van der Waals surface area contributed by atoms with Crippen molar-refractivity contribution in [3.63, 3.8) is 0 Å². The Labute approximate surface area is 157 Å². The van der Waals surface area contributed by atoms with Gasteiger partial charge in [-0.25, -0.2) is 0 Å². The highest BCUT2D eigenvalue weighted by atomic mass is 35.5. The van der Waals surface area contributed by atoms with Crippen LogP contribution in [0.15, 0.2) is 53.7 Å². The summed E-state index contributed by atoms with van der Waals surface area (Å²) in [5, 5.41) is 7.48. The second-order valence-corrected chi connectivity index (χ2v) is 6.43. The van der Waals surface area contributed by atoms with Crippen LogP contribution in [0.2, 0.25) is 10.0 Å². The van der Waals surface area contributed by atoms with Crippen LogP contribution in [0.1, 0.15) is 24.5 Å². The average Bonchev–Trinajstić information content (AvgIpc) is 2.61. The molecule has 0 bridgehead atoms. The van der Waals surface area contributed by atoms with Gasteiger partial charge in [0.1, 0.15) is 0 Å². The third kappa shape index (κ3) is 6.77. The van der Waals surface area contributed by atoms with Crippen molar-refractivity contribution in [2.75, 3.05) is 6.61 Å². The first-order chi connectivity index (χ1) is 12.1. The zero-order chi connectivity index (χ0) is 18.1. The Kier molecular flexibility index (Phi) is 7.76. The summed E-state index contributed by atoms with van der Waals surface area (Å²) in [5.74, 6) is -0.213. The lowest BCUT2D eigenvalue weighted by Crippen LogP contribution is -2.35. The van der Waals surface area contributed by atoms with Gasteiger partial charge in [-0.1, -0.05) is 70.8 Å².